The van der Waals surface area contributed by atoms with Crippen LogP contribution in [0.25, 0.3) is 0 Å². The summed E-state index contributed by atoms with van der Waals surface area (Å²) in [7, 11) is 0. The van der Waals surface area contributed by atoms with E-state index in [1.165, 1.54) is 257 Å². The molecule has 0 unspecified atom stereocenters. The van der Waals surface area contributed by atoms with Crippen molar-refractivity contribution in [1.29, 1.82) is 0 Å². The van der Waals surface area contributed by atoms with Crippen LogP contribution < -0.4 is 4.57 Å². The molecule has 0 saturated carbocycles. The maximum atomic E-state index is 2.69. The van der Waals surface area contributed by atoms with E-state index in [-0.39, 0.29) is 0 Å². The first-order chi connectivity index (χ1) is 24.3. The first-order valence-corrected chi connectivity index (χ1v) is 23.3. The van der Waals surface area contributed by atoms with Crippen molar-refractivity contribution >= 4 is 0 Å². The minimum atomic E-state index is 1.23. The molecule has 0 aromatic carbocycles. The van der Waals surface area contributed by atoms with Crippen molar-refractivity contribution < 1.29 is 4.57 Å². The van der Waals surface area contributed by atoms with Gasteiger partial charge < -0.3 is 0 Å². The van der Waals surface area contributed by atoms with Crippen molar-refractivity contribution in [3.05, 3.63) is 29.6 Å². The summed E-state index contributed by atoms with van der Waals surface area (Å²) in [5.41, 5.74) is 3.36. The summed E-state index contributed by atoms with van der Waals surface area (Å²) in [6.45, 7) is 8.18. The highest BCUT2D eigenvalue weighted by atomic mass is 15.0. The summed E-state index contributed by atoms with van der Waals surface area (Å²) >= 11 is 0. The molecule has 0 spiro atoms. The van der Waals surface area contributed by atoms with E-state index < -0.39 is 0 Å². The number of aryl methyl sites for hydroxylation is 2. The van der Waals surface area contributed by atoms with Gasteiger partial charge in [-0.2, -0.15) is 0 Å². The Labute approximate surface area is 311 Å². The van der Waals surface area contributed by atoms with Gasteiger partial charge in [0.15, 0.2) is 11.9 Å². The zero-order valence-electron chi connectivity index (χ0n) is 34.5. The maximum Gasteiger partial charge on any atom is 0.184 e. The predicted molar refractivity (Wildman–Crippen MR) is 222 cm³/mol. The number of hydrogen-bond donors (Lipinski definition) is 0. The molecule has 0 N–H and O–H groups in total. The number of hydrogen-bond acceptors (Lipinski definition) is 0. The quantitative estimate of drug-likeness (QED) is 0.0479. The Morgan fingerprint density at radius 3 is 0.959 bits per heavy atom. The van der Waals surface area contributed by atoms with Gasteiger partial charge in [0.05, 0.1) is 0 Å². The van der Waals surface area contributed by atoms with Crippen LogP contribution in [0.3, 0.4) is 0 Å². The molecule has 1 heteroatoms. The Balaban J connectivity index is 2.34. The molecule has 0 radical (unpaired) electrons. The second kappa shape index (κ2) is 38.4. The summed E-state index contributed by atoms with van der Waals surface area (Å²) in [5.74, 6) is 0. The highest BCUT2D eigenvalue weighted by Gasteiger charge is 2.15. The predicted octanol–water partition coefficient (Wildman–Crippen LogP) is 16.6. The van der Waals surface area contributed by atoms with Gasteiger partial charge in [-0.3, -0.25) is 0 Å². The lowest BCUT2D eigenvalue weighted by molar-refractivity contribution is -0.705. The van der Waals surface area contributed by atoms with E-state index in [9.17, 15) is 0 Å². The van der Waals surface area contributed by atoms with E-state index in [4.69, 9.17) is 0 Å². The van der Waals surface area contributed by atoms with Gasteiger partial charge in [-0.1, -0.05) is 233 Å². The summed E-state index contributed by atoms with van der Waals surface area (Å²) < 4.78 is 2.69. The molecule has 1 aromatic heterocycles. The molecule has 0 saturated heterocycles. The van der Waals surface area contributed by atoms with Crippen molar-refractivity contribution in [3.63, 3.8) is 0 Å². The molecule has 0 fully saturated rings. The summed E-state index contributed by atoms with van der Waals surface area (Å²) in [6.07, 6.45) is 58.3. The molecule has 49 heavy (non-hydrogen) atoms. The number of pyridine rings is 1. The standard InChI is InChI=1S/C48H92N/c1-4-7-10-13-16-19-22-23-24-25-28-31-34-37-40-45-49-46-41-43-47(42-38-35-32-29-26-20-17-14-11-8-5-2)48(49)44-39-36-33-30-27-21-18-15-12-9-6-3/h41,43,46H,4-40,42,44-45H2,1-3H3/q+1. The number of rotatable bonds is 40. The molecule has 0 atom stereocenters. The monoisotopic (exact) mass is 683 g/mol. The van der Waals surface area contributed by atoms with E-state index >= 15 is 0 Å². The maximum absolute atomic E-state index is 2.69. The lowest BCUT2D eigenvalue weighted by atomic mass is 9.99. The van der Waals surface area contributed by atoms with Gasteiger partial charge in [0.2, 0.25) is 0 Å². The molecule has 1 rings (SSSR count). The Bertz CT molecular complexity index is 768. The third-order valence-corrected chi connectivity index (χ3v) is 11.4. The van der Waals surface area contributed by atoms with Crippen molar-refractivity contribution in [2.24, 2.45) is 0 Å². The average molecular weight is 683 g/mol. The molecule has 0 amide bonds. The minimum absolute atomic E-state index is 1.23. The fourth-order valence-electron chi connectivity index (χ4n) is 7.96. The normalized spacial score (nSPS) is 11.6. The van der Waals surface area contributed by atoms with Gasteiger partial charge in [-0.25, -0.2) is 4.57 Å². The molecule has 0 aliphatic rings. The lowest BCUT2D eigenvalue weighted by Gasteiger charge is -2.11. The van der Waals surface area contributed by atoms with Gasteiger partial charge >= 0.3 is 0 Å². The van der Waals surface area contributed by atoms with Crippen LogP contribution >= 0.6 is 0 Å². The SMILES string of the molecule is CCCCCCCCCCCCCCCCC[n+]1cccc(CCCCCCCCCCCCC)c1CCCCCCCCCCCCC. The van der Waals surface area contributed by atoms with Gasteiger partial charge in [-0.05, 0) is 31.7 Å². The summed E-state index contributed by atoms with van der Waals surface area (Å²) in [4.78, 5) is 0. The Kier molecular flexibility index (Phi) is 36.2. The molecular formula is C48H92N+. The Morgan fingerprint density at radius 1 is 0.327 bits per heavy atom. The van der Waals surface area contributed by atoms with Crippen LogP contribution in [0.2, 0.25) is 0 Å². The van der Waals surface area contributed by atoms with Crippen LogP contribution in [0.4, 0.5) is 0 Å². The van der Waals surface area contributed by atoms with Gasteiger partial charge in [0.25, 0.3) is 0 Å². The first kappa shape index (κ1) is 46.2. The second-order valence-corrected chi connectivity index (χ2v) is 16.2. The molecule has 0 bridgehead atoms. The van der Waals surface area contributed by atoms with Crippen molar-refractivity contribution in [2.45, 2.75) is 278 Å². The van der Waals surface area contributed by atoms with Crippen LogP contribution in [0.5, 0.6) is 0 Å². The van der Waals surface area contributed by atoms with Crippen molar-refractivity contribution in [2.75, 3.05) is 0 Å². The van der Waals surface area contributed by atoms with Crippen molar-refractivity contribution in [1.82, 2.24) is 0 Å². The van der Waals surface area contributed by atoms with Crippen LogP contribution in [0.1, 0.15) is 270 Å². The highest BCUT2D eigenvalue weighted by Crippen LogP contribution is 2.18. The zero-order chi connectivity index (χ0) is 35.1. The number of unbranched alkanes of at least 4 members (excludes halogenated alkanes) is 34. The summed E-state index contributed by atoms with van der Waals surface area (Å²) in [6, 6.07) is 4.84. The third kappa shape index (κ3) is 30.5. The van der Waals surface area contributed by atoms with E-state index in [1.54, 1.807) is 11.3 Å². The molecule has 1 aromatic rings. The fraction of sp³-hybridized carbons (Fsp3) is 0.896. The molecule has 0 aliphatic heterocycles. The molecule has 0 aliphatic carbocycles. The van der Waals surface area contributed by atoms with Gasteiger partial charge in [0, 0.05) is 24.5 Å². The van der Waals surface area contributed by atoms with Crippen LogP contribution in [0, 0.1) is 0 Å². The fourth-order valence-corrected chi connectivity index (χ4v) is 7.96. The van der Waals surface area contributed by atoms with E-state index in [2.05, 4.69) is 43.7 Å². The molecule has 1 heterocycles. The topological polar surface area (TPSA) is 3.88 Å². The van der Waals surface area contributed by atoms with E-state index in [0.29, 0.717) is 0 Å². The Morgan fingerprint density at radius 2 is 0.612 bits per heavy atom. The average Bonchev–Trinajstić information content (AvgIpc) is 3.11. The number of aromatic nitrogens is 1. The Hall–Kier alpha value is -0.850. The van der Waals surface area contributed by atoms with Crippen LogP contribution in [-0.2, 0) is 19.4 Å². The third-order valence-electron chi connectivity index (χ3n) is 11.4. The largest absolute Gasteiger partial charge is 0.202 e. The molecule has 1 nitrogen and oxygen atoms in total. The highest BCUT2D eigenvalue weighted by molar-refractivity contribution is 5.16. The van der Waals surface area contributed by atoms with E-state index in [1.807, 2.05) is 0 Å². The van der Waals surface area contributed by atoms with Crippen molar-refractivity contribution in [3.8, 4) is 0 Å². The van der Waals surface area contributed by atoms with E-state index in [0.717, 1.165) is 0 Å². The number of nitrogens with zero attached hydrogens (tertiary/aromatic N) is 1. The smallest absolute Gasteiger partial charge is 0.184 e. The molecule has 288 valence electrons. The van der Waals surface area contributed by atoms with Crippen LogP contribution in [0.15, 0.2) is 18.3 Å². The second-order valence-electron chi connectivity index (χ2n) is 16.2. The van der Waals surface area contributed by atoms with Gasteiger partial charge in [-0.15, -0.1) is 0 Å². The lowest BCUT2D eigenvalue weighted by Crippen LogP contribution is -2.39. The minimum Gasteiger partial charge on any atom is -0.202 e. The molecular weight excluding hydrogens is 591 g/mol. The first-order valence-electron chi connectivity index (χ1n) is 23.3. The zero-order valence-corrected chi connectivity index (χ0v) is 34.5. The van der Waals surface area contributed by atoms with Gasteiger partial charge in [0.1, 0.15) is 6.54 Å². The van der Waals surface area contributed by atoms with Crippen LogP contribution in [-0.4, -0.2) is 0 Å². The summed E-state index contributed by atoms with van der Waals surface area (Å²) in [5, 5.41) is 0.